The van der Waals surface area contributed by atoms with E-state index in [1.165, 1.54) is 12.1 Å². The number of aliphatic hydroxyl groups excluding tert-OH is 1. The average Bonchev–Trinajstić information content (AvgIpc) is 2.41. The zero-order valence-electron chi connectivity index (χ0n) is 9.51. The molecule has 2 aromatic carbocycles. The van der Waals surface area contributed by atoms with E-state index in [1.807, 2.05) is 6.07 Å². The van der Waals surface area contributed by atoms with E-state index in [4.69, 9.17) is 4.74 Å². The second kappa shape index (κ2) is 5.60. The molecule has 0 heterocycles. The zero-order chi connectivity index (χ0) is 13.0. The van der Waals surface area contributed by atoms with Crippen molar-refractivity contribution in [3.8, 4) is 5.75 Å². The molecule has 94 valence electrons. The van der Waals surface area contributed by atoms with Crippen molar-refractivity contribution in [3.63, 3.8) is 0 Å². The van der Waals surface area contributed by atoms with Gasteiger partial charge in [-0.05, 0) is 17.7 Å². The molecule has 18 heavy (non-hydrogen) atoms. The van der Waals surface area contributed by atoms with Crippen LogP contribution in [0.15, 0.2) is 48.5 Å². The van der Waals surface area contributed by atoms with E-state index in [0.717, 1.165) is 6.07 Å². The molecule has 0 saturated heterocycles. The molecule has 0 fully saturated rings. The lowest BCUT2D eigenvalue weighted by atomic mass is 10.1. The van der Waals surface area contributed by atoms with Crippen LogP contribution in [0.3, 0.4) is 0 Å². The molecule has 1 atom stereocenters. The lowest BCUT2D eigenvalue weighted by Gasteiger charge is -2.13. The fraction of sp³-hybridized carbons (Fsp3) is 0.143. The van der Waals surface area contributed by atoms with E-state index in [1.54, 1.807) is 24.3 Å². The van der Waals surface area contributed by atoms with Crippen LogP contribution in [-0.4, -0.2) is 11.7 Å². The van der Waals surface area contributed by atoms with Gasteiger partial charge in [-0.3, -0.25) is 0 Å². The molecule has 0 saturated carbocycles. The highest BCUT2D eigenvalue weighted by atomic mass is 19.2. The van der Waals surface area contributed by atoms with Crippen LogP contribution in [0.4, 0.5) is 8.78 Å². The maximum atomic E-state index is 13.3. The molecule has 2 aromatic rings. The molecule has 0 aliphatic carbocycles. The van der Waals surface area contributed by atoms with Crippen LogP contribution in [0, 0.1) is 11.6 Å². The maximum Gasteiger partial charge on any atom is 0.200 e. The van der Waals surface area contributed by atoms with Gasteiger partial charge >= 0.3 is 0 Å². The number of aliphatic hydroxyl groups is 1. The van der Waals surface area contributed by atoms with Gasteiger partial charge in [-0.15, -0.1) is 0 Å². The van der Waals surface area contributed by atoms with Gasteiger partial charge in [0.2, 0.25) is 5.82 Å². The molecule has 0 aliphatic heterocycles. The van der Waals surface area contributed by atoms with Crippen molar-refractivity contribution in [1.82, 2.24) is 0 Å². The van der Waals surface area contributed by atoms with Crippen molar-refractivity contribution in [1.29, 1.82) is 0 Å². The van der Waals surface area contributed by atoms with Crippen LogP contribution in [0.5, 0.6) is 5.75 Å². The topological polar surface area (TPSA) is 29.5 Å². The van der Waals surface area contributed by atoms with Gasteiger partial charge in [0.25, 0.3) is 0 Å². The summed E-state index contributed by atoms with van der Waals surface area (Å²) in [5.74, 6) is -2.22. The Morgan fingerprint density at radius 3 is 2.44 bits per heavy atom. The predicted molar refractivity (Wildman–Crippen MR) is 63.3 cm³/mol. The van der Waals surface area contributed by atoms with Crippen molar-refractivity contribution in [2.75, 3.05) is 6.61 Å². The molecular formula is C14H12F2O2. The van der Waals surface area contributed by atoms with Crippen LogP contribution in [-0.2, 0) is 0 Å². The third-order valence-corrected chi connectivity index (χ3v) is 2.50. The molecule has 2 rings (SSSR count). The number of hydrogen-bond donors (Lipinski definition) is 1. The van der Waals surface area contributed by atoms with Gasteiger partial charge in [0.1, 0.15) is 12.7 Å². The summed E-state index contributed by atoms with van der Waals surface area (Å²) in [7, 11) is 0. The Hall–Kier alpha value is -1.94. The second-order valence-electron chi connectivity index (χ2n) is 3.79. The highest BCUT2D eigenvalue weighted by molar-refractivity contribution is 5.25. The normalized spacial score (nSPS) is 12.2. The summed E-state index contributed by atoms with van der Waals surface area (Å²) in [5.41, 5.74) is 0.661. The molecule has 1 N–H and O–H groups in total. The number of rotatable bonds is 4. The average molecular weight is 250 g/mol. The lowest BCUT2D eigenvalue weighted by molar-refractivity contribution is 0.105. The summed E-state index contributed by atoms with van der Waals surface area (Å²) in [6.07, 6.45) is -0.881. The Labute approximate surface area is 103 Å². The molecule has 0 spiro atoms. The Kier molecular flexibility index (Phi) is 3.89. The van der Waals surface area contributed by atoms with Crippen LogP contribution in [0.1, 0.15) is 11.7 Å². The lowest BCUT2D eigenvalue weighted by Crippen LogP contribution is -2.10. The first-order chi connectivity index (χ1) is 8.68. The highest BCUT2D eigenvalue weighted by Crippen LogP contribution is 2.21. The Morgan fingerprint density at radius 2 is 1.72 bits per heavy atom. The smallest absolute Gasteiger partial charge is 0.200 e. The van der Waals surface area contributed by atoms with E-state index in [9.17, 15) is 13.9 Å². The van der Waals surface area contributed by atoms with E-state index < -0.39 is 17.7 Å². The summed E-state index contributed by atoms with van der Waals surface area (Å²) < 4.78 is 31.3. The van der Waals surface area contributed by atoms with Gasteiger partial charge in [-0.25, -0.2) is 4.39 Å². The van der Waals surface area contributed by atoms with Crippen LogP contribution >= 0.6 is 0 Å². The summed E-state index contributed by atoms with van der Waals surface area (Å²) in [4.78, 5) is 0. The molecule has 4 heteroatoms. The van der Waals surface area contributed by atoms with Gasteiger partial charge in [0.05, 0.1) is 0 Å². The minimum absolute atomic E-state index is 0.135. The quantitative estimate of drug-likeness (QED) is 0.903. The Bertz CT molecular complexity index is 514. The monoisotopic (exact) mass is 250 g/mol. The van der Waals surface area contributed by atoms with Crippen molar-refractivity contribution in [2.24, 2.45) is 0 Å². The summed E-state index contributed by atoms with van der Waals surface area (Å²) >= 11 is 0. The molecular weight excluding hydrogens is 238 g/mol. The number of benzene rings is 2. The molecule has 2 nitrogen and oxygen atoms in total. The van der Waals surface area contributed by atoms with Gasteiger partial charge in [-0.1, -0.05) is 36.4 Å². The minimum Gasteiger partial charge on any atom is -0.487 e. The summed E-state index contributed by atoms with van der Waals surface area (Å²) in [6, 6.07) is 12.5. The van der Waals surface area contributed by atoms with E-state index in [-0.39, 0.29) is 12.4 Å². The van der Waals surface area contributed by atoms with Crippen LogP contribution in [0.2, 0.25) is 0 Å². The molecule has 0 radical (unpaired) electrons. The van der Waals surface area contributed by atoms with Crippen molar-refractivity contribution < 1.29 is 18.6 Å². The van der Waals surface area contributed by atoms with Crippen LogP contribution < -0.4 is 4.74 Å². The van der Waals surface area contributed by atoms with Crippen molar-refractivity contribution in [2.45, 2.75) is 6.10 Å². The highest BCUT2D eigenvalue weighted by Gasteiger charge is 2.12. The Balaban J connectivity index is 2.02. The van der Waals surface area contributed by atoms with Gasteiger partial charge in [0.15, 0.2) is 11.6 Å². The maximum absolute atomic E-state index is 13.3. The largest absolute Gasteiger partial charge is 0.487 e. The fourth-order valence-electron chi connectivity index (χ4n) is 1.54. The first-order valence-electron chi connectivity index (χ1n) is 5.48. The van der Waals surface area contributed by atoms with Crippen molar-refractivity contribution >= 4 is 0 Å². The number of halogens is 2. The number of ether oxygens (including phenoxy) is 1. The summed E-state index contributed by atoms with van der Waals surface area (Å²) in [5, 5.41) is 9.80. The third-order valence-electron chi connectivity index (χ3n) is 2.50. The van der Waals surface area contributed by atoms with Crippen molar-refractivity contribution in [3.05, 3.63) is 65.7 Å². The Morgan fingerprint density at radius 1 is 1.00 bits per heavy atom. The second-order valence-corrected chi connectivity index (χ2v) is 3.79. The standard InChI is InChI=1S/C14H12F2O2/c15-11-7-4-8-13(14(11)16)18-9-12(17)10-5-2-1-3-6-10/h1-8,12,17H,9H2. The molecule has 0 aromatic heterocycles. The molecule has 0 bridgehead atoms. The SMILES string of the molecule is OC(COc1cccc(F)c1F)c1ccccc1. The number of hydrogen-bond acceptors (Lipinski definition) is 2. The minimum atomic E-state index is -1.04. The first-order valence-corrected chi connectivity index (χ1v) is 5.48. The fourth-order valence-corrected chi connectivity index (χ4v) is 1.54. The van der Waals surface area contributed by atoms with Gasteiger partial charge < -0.3 is 9.84 Å². The zero-order valence-corrected chi connectivity index (χ0v) is 9.51. The predicted octanol–water partition coefficient (Wildman–Crippen LogP) is 3.08. The first kappa shape index (κ1) is 12.5. The van der Waals surface area contributed by atoms with E-state index >= 15 is 0 Å². The van der Waals surface area contributed by atoms with Crippen LogP contribution in [0.25, 0.3) is 0 Å². The van der Waals surface area contributed by atoms with E-state index in [2.05, 4.69) is 0 Å². The molecule has 1 unspecified atom stereocenters. The molecule has 0 aliphatic rings. The third kappa shape index (κ3) is 2.84. The molecule has 0 amide bonds. The van der Waals surface area contributed by atoms with E-state index in [0.29, 0.717) is 5.56 Å². The summed E-state index contributed by atoms with van der Waals surface area (Å²) in [6.45, 7) is -0.135. The van der Waals surface area contributed by atoms with Gasteiger partial charge in [-0.2, -0.15) is 4.39 Å². The van der Waals surface area contributed by atoms with Gasteiger partial charge in [0, 0.05) is 0 Å².